The van der Waals surface area contributed by atoms with Crippen LogP contribution in [-0.4, -0.2) is 40.3 Å². The Bertz CT molecular complexity index is 995. The summed E-state index contributed by atoms with van der Waals surface area (Å²) in [6.07, 6.45) is 1.49. The van der Waals surface area contributed by atoms with Crippen LogP contribution in [0.4, 0.5) is 5.69 Å². The van der Waals surface area contributed by atoms with Gasteiger partial charge in [-0.3, -0.25) is 19.7 Å². The van der Waals surface area contributed by atoms with Crippen molar-refractivity contribution in [2.45, 2.75) is 25.8 Å². The molecule has 1 heterocycles. The maximum atomic E-state index is 12.8. The van der Waals surface area contributed by atoms with Gasteiger partial charge in [-0.05, 0) is 48.4 Å². The molecule has 1 amide bonds. The molecule has 8 heteroatoms. The molecular weight excluding hydrogens is 388 g/mol. The summed E-state index contributed by atoms with van der Waals surface area (Å²) in [5.41, 5.74) is 0.761. The lowest BCUT2D eigenvalue weighted by molar-refractivity contribution is -0.384. The Hall–Kier alpha value is -3.68. The van der Waals surface area contributed by atoms with Crippen molar-refractivity contribution < 1.29 is 24.4 Å². The SMILES string of the molecule is CCCCN1C(=O)C(=O)/C(=C(/O)c2ccc(OC)cc2)[C@@H]1c1ccc([N+](=O)[O-])cc1. The lowest BCUT2D eigenvalue weighted by atomic mass is 9.95. The number of rotatable bonds is 7. The molecule has 30 heavy (non-hydrogen) atoms. The van der Waals surface area contributed by atoms with Gasteiger partial charge >= 0.3 is 0 Å². The van der Waals surface area contributed by atoms with Gasteiger partial charge in [-0.1, -0.05) is 13.3 Å². The van der Waals surface area contributed by atoms with E-state index in [0.717, 1.165) is 6.42 Å². The van der Waals surface area contributed by atoms with Gasteiger partial charge in [0.05, 0.1) is 23.6 Å². The lowest BCUT2D eigenvalue weighted by Gasteiger charge is -2.25. The van der Waals surface area contributed by atoms with Gasteiger partial charge in [-0.25, -0.2) is 0 Å². The first-order chi connectivity index (χ1) is 14.4. The van der Waals surface area contributed by atoms with Crippen LogP contribution in [0.25, 0.3) is 5.76 Å². The molecule has 1 N–H and O–H groups in total. The summed E-state index contributed by atoms with van der Waals surface area (Å²) in [6, 6.07) is 11.3. The largest absolute Gasteiger partial charge is 0.507 e. The minimum absolute atomic E-state index is 0.0323. The molecule has 1 aliphatic rings. The van der Waals surface area contributed by atoms with Crippen LogP contribution >= 0.6 is 0 Å². The molecule has 1 atom stereocenters. The molecule has 8 nitrogen and oxygen atoms in total. The highest BCUT2D eigenvalue weighted by molar-refractivity contribution is 6.46. The summed E-state index contributed by atoms with van der Waals surface area (Å²) in [7, 11) is 1.52. The third-order valence-electron chi connectivity index (χ3n) is 5.08. The van der Waals surface area contributed by atoms with Crippen LogP contribution in [0.3, 0.4) is 0 Å². The van der Waals surface area contributed by atoms with Crippen LogP contribution in [-0.2, 0) is 9.59 Å². The van der Waals surface area contributed by atoms with Gasteiger partial charge in [0.2, 0.25) is 0 Å². The Labute approximate surface area is 173 Å². The van der Waals surface area contributed by atoms with Gasteiger partial charge in [-0.15, -0.1) is 0 Å². The number of carbonyl (C=O) groups excluding carboxylic acids is 2. The van der Waals surface area contributed by atoms with E-state index in [9.17, 15) is 24.8 Å². The van der Waals surface area contributed by atoms with Crippen LogP contribution in [0.1, 0.15) is 36.9 Å². The quantitative estimate of drug-likeness (QED) is 0.244. The molecular formula is C22H22N2O6. The number of methoxy groups -OCH3 is 1. The van der Waals surface area contributed by atoms with Crippen molar-refractivity contribution in [2.75, 3.05) is 13.7 Å². The summed E-state index contributed by atoms with van der Waals surface area (Å²) < 4.78 is 5.11. The van der Waals surface area contributed by atoms with E-state index in [1.165, 1.54) is 36.3 Å². The van der Waals surface area contributed by atoms with E-state index in [4.69, 9.17) is 4.74 Å². The predicted molar refractivity (Wildman–Crippen MR) is 110 cm³/mol. The molecule has 0 saturated carbocycles. The average Bonchev–Trinajstić information content (AvgIpc) is 3.02. The molecule has 0 radical (unpaired) electrons. The van der Waals surface area contributed by atoms with Crippen molar-refractivity contribution in [2.24, 2.45) is 0 Å². The van der Waals surface area contributed by atoms with E-state index in [1.54, 1.807) is 24.3 Å². The fourth-order valence-corrected chi connectivity index (χ4v) is 3.47. The number of aliphatic hydroxyl groups is 1. The van der Waals surface area contributed by atoms with Crippen molar-refractivity contribution >= 4 is 23.1 Å². The minimum atomic E-state index is -0.820. The molecule has 2 aromatic rings. The van der Waals surface area contributed by atoms with Gasteiger partial charge in [0.25, 0.3) is 17.4 Å². The Morgan fingerprint density at radius 2 is 1.77 bits per heavy atom. The number of aliphatic hydroxyl groups excluding tert-OH is 1. The number of likely N-dealkylation sites (tertiary alicyclic amines) is 1. The Morgan fingerprint density at radius 1 is 1.13 bits per heavy atom. The molecule has 1 saturated heterocycles. The second kappa shape index (κ2) is 8.77. The first-order valence-corrected chi connectivity index (χ1v) is 9.56. The van der Waals surface area contributed by atoms with Crippen LogP contribution < -0.4 is 4.74 Å². The number of amides is 1. The van der Waals surface area contributed by atoms with E-state index in [1.807, 2.05) is 6.92 Å². The average molecular weight is 410 g/mol. The third-order valence-corrected chi connectivity index (χ3v) is 5.08. The maximum absolute atomic E-state index is 12.8. The Balaban J connectivity index is 2.12. The standard InChI is InChI=1S/C22H22N2O6/c1-3-4-13-23-19(14-5-9-16(10-6-14)24(28)29)18(21(26)22(23)27)20(25)15-7-11-17(30-2)12-8-15/h5-12,19,25H,3-4,13H2,1-2H3/b20-18+/t19-/m0/s1. The number of ketones is 1. The van der Waals surface area contributed by atoms with Gasteiger partial charge in [-0.2, -0.15) is 0 Å². The number of unbranched alkanes of at least 4 members (excludes halogenated alkanes) is 1. The highest BCUT2D eigenvalue weighted by atomic mass is 16.6. The van der Waals surface area contributed by atoms with Crippen molar-refractivity contribution in [3.63, 3.8) is 0 Å². The zero-order valence-corrected chi connectivity index (χ0v) is 16.7. The van der Waals surface area contributed by atoms with Crippen LogP contribution in [0, 0.1) is 10.1 Å². The van der Waals surface area contributed by atoms with E-state index >= 15 is 0 Å². The van der Waals surface area contributed by atoms with Crippen molar-refractivity contribution in [1.82, 2.24) is 4.90 Å². The molecule has 0 aromatic heterocycles. The highest BCUT2D eigenvalue weighted by Gasteiger charge is 2.45. The Morgan fingerprint density at radius 3 is 2.30 bits per heavy atom. The van der Waals surface area contributed by atoms with Gasteiger partial charge in [0.1, 0.15) is 11.5 Å². The minimum Gasteiger partial charge on any atom is -0.507 e. The normalized spacial score (nSPS) is 17.9. The molecule has 1 fully saturated rings. The van der Waals surface area contributed by atoms with E-state index in [0.29, 0.717) is 29.8 Å². The van der Waals surface area contributed by atoms with Crippen LogP contribution in [0.15, 0.2) is 54.1 Å². The molecule has 3 rings (SSSR count). The highest BCUT2D eigenvalue weighted by Crippen LogP contribution is 2.40. The molecule has 156 valence electrons. The summed E-state index contributed by atoms with van der Waals surface area (Å²) in [5, 5.41) is 21.9. The first kappa shape index (κ1) is 21.0. The number of nitro groups is 1. The van der Waals surface area contributed by atoms with Crippen LogP contribution in [0.2, 0.25) is 0 Å². The zero-order chi connectivity index (χ0) is 21.8. The van der Waals surface area contributed by atoms with Crippen LogP contribution in [0.5, 0.6) is 5.75 Å². The number of Topliss-reactive ketones (excluding diaryl/α,β-unsaturated/α-hetero) is 1. The predicted octanol–water partition coefficient (Wildman–Crippen LogP) is 3.83. The van der Waals surface area contributed by atoms with Gasteiger partial charge in [0.15, 0.2) is 0 Å². The van der Waals surface area contributed by atoms with E-state index in [2.05, 4.69) is 0 Å². The van der Waals surface area contributed by atoms with E-state index in [-0.39, 0.29) is 17.0 Å². The number of benzene rings is 2. The number of hydrogen-bond donors (Lipinski definition) is 1. The number of hydrogen-bond acceptors (Lipinski definition) is 6. The molecule has 0 unspecified atom stereocenters. The molecule has 0 bridgehead atoms. The summed E-state index contributed by atoms with van der Waals surface area (Å²) in [5.74, 6) is -1.18. The number of nitro benzene ring substituents is 1. The zero-order valence-electron chi connectivity index (χ0n) is 16.7. The second-order valence-electron chi connectivity index (χ2n) is 6.92. The third kappa shape index (κ3) is 3.89. The molecule has 2 aromatic carbocycles. The lowest BCUT2D eigenvalue weighted by Crippen LogP contribution is -2.30. The number of nitrogens with zero attached hydrogens (tertiary/aromatic N) is 2. The molecule has 0 spiro atoms. The van der Waals surface area contributed by atoms with Crippen molar-refractivity contribution in [3.8, 4) is 5.75 Å². The van der Waals surface area contributed by atoms with Crippen molar-refractivity contribution in [1.29, 1.82) is 0 Å². The van der Waals surface area contributed by atoms with Gasteiger partial charge < -0.3 is 14.7 Å². The monoisotopic (exact) mass is 410 g/mol. The van der Waals surface area contributed by atoms with Gasteiger partial charge in [0, 0.05) is 24.2 Å². The molecule has 1 aliphatic heterocycles. The number of carbonyl (C=O) groups is 2. The second-order valence-corrected chi connectivity index (χ2v) is 6.92. The number of non-ortho nitro benzene ring substituents is 1. The van der Waals surface area contributed by atoms with Crippen molar-refractivity contribution in [3.05, 3.63) is 75.3 Å². The summed E-state index contributed by atoms with van der Waals surface area (Å²) in [6.45, 7) is 2.30. The first-order valence-electron chi connectivity index (χ1n) is 9.56. The summed E-state index contributed by atoms with van der Waals surface area (Å²) >= 11 is 0. The smallest absolute Gasteiger partial charge is 0.295 e. The fourth-order valence-electron chi connectivity index (χ4n) is 3.47. The topological polar surface area (TPSA) is 110 Å². The summed E-state index contributed by atoms with van der Waals surface area (Å²) in [4.78, 5) is 37.4. The fraction of sp³-hybridized carbons (Fsp3) is 0.273. The Kier molecular flexibility index (Phi) is 6.15. The van der Waals surface area contributed by atoms with E-state index < -0.39 is 22.7 Å². The maximum Gasteiger partial charge on any atom is 0.295 e. The molecule has 0 aliphatic carbocycles. The number of ether oxygens (including phenoxy) is 1.